The zero-order valence-corrected chi connectivity index (χ0v) is 22.3. The predicted molar refractivity (Wildman–Crippen MR) is 138 cm³/mol. The lowest BCUT2D eigenvalue weighted by Gasteiger charge is -2.32. The van der Waals surface area contributed by atoms with Gasteiger partial charge in [-0.2, -0.15) is 0 Å². The van der Waals surface area contributed by atoms with Crippen molar-refractivity contribution in [3.05, 3.63) is 64.7 Å². The van der Waals surface area contributed by atoms with Crippen molar-refractivity contribution in [2.24, 2.45) is 0 Å². The molecule has 0 fully saturated rings. The van der Waals surface area contributed by atoms with E-state index in [1.807, 2.05) is 26.8 Å². The van der Waals surface area contributed by atoms with Gasteiger partial charge in [-0.1, -0.05) is 55.8 Å². The fourth-order valence-electron chi connectivity index (χ4n) is 4.14. The van der Waals surface area contributed by atoms with Gasteiger partial charge >= 0.3 is 0 Å². The first-order valence-electron chi connectivity index (χ1n) is 12.1. The maximum atomic E-state index is 13.4. The molecule has 36 heavy (non-hydrogen) atoms. The van der Waals surface area contributed by atoms with Gasteiger partial charge in [0.25, 0.3) is 15.9 Å². The third-order valence-electron chi connectivity index (χ3n) is 6.35. The van der Waals surface area contributed by atoms with E-state index in [0.29, 0.717) is 17.0 Å². The molecule has 10 heteroatoms. The van der Waals surface area contributed by atoms with Crippen molar-refractivity contribution in [3.63, 3.8) is 0 Å². The number of hydrogen-bond acceptors (Lipinski definition) is 5. The maximum Gasteiger partial charge on any atom is 0.269 e. The van der Waals surface area contributed by atoms with Crippen LogP contribution in [0.3, 0.4) is 0 Å². The molecule has 194 valence electrons. The molecule has 1 heterocycles. The van der Waals surface area contributed by atoms with Crippen LogP contribution in [-0.4, -0.2) is 54.0 Å². The van der Waals surface area contributed by atoms with Gasteiger partial charge < -0.3 is 10.2 Å². The molecule has 2 aromatic rings. The number of amides is 3. The first-order chi connectivity index (χ1) is 17.1. The van der Waals surface area contributed by atoms with Crippen LogP contribution in [0.5, 0.6) is 0 Å². The predicted octanol–water partition coefficient (Wildman–Crippen LogP) is 3.99. The molecule has 0 saturated carbocycles. The molecular formula is C26H32ClN3O5S. The van der Waals surface area contributed by atoms with Crippen LogP contribution in [0.25, 0.3) is 0 Å². The fraction of sp³-hybridized carbons (Fsp3) is 0.423. The summed E-state index contributed by atoms with van der Waals surface area (Å²) < 4.78 is 26.4. The molecule has 0 aliphatic carbocycles. The van der Waals surface area contributed by atoms with Gasteiger partial charge in [0, 0.05) is 30.6 Å². The summed E-state index contributed by atoms with van der Waals surface area (Å²) in [7, 11) is -3.94. The molecule has 1 aliphatic rings. The topological polar surface area (TPSA) is 104 Å². The molecule has 2 atom stereocenters. The molecule has 0 spiro atoms. The van der Waals surface area contributed by atoms with E-state index in [1.54, 1.807) is 30.3 Å². The first kappa shape index (κ1) is 27.7. The zero-order valence-electron chi connectivity index (χ0n) is 20.7. The number of fused-ring (bicyclic) bond motifs is 1. The highest BCUT2D eigenvalue weighted by Gasteiger charge is 2.40. The van der Waals surface area contributed by atoms with Gasteiger partial charge in [0.2, 0.25) is 11.8 Å². The summed E-state index contributed by atoms with van der Waals surface area (Å²) in [5, 5.41) is 3.43. The third-order valence-corrected chi connectivity index (χ3v) is 8.56. The van der Waals surface area contributed by atoms with Crippen molar-refractivity contribution < 1.29 is 22.8 Å². The van der Waals surface area contributed by atoms with Gasteiger partial charge in [0.15, 0.2) is 0 Å². The maximum absolute atomic E-state index is 13.4. The van der Waals surface area contributed by atoms with E-state index in [2.05, 4.69) is 5.32 Å². The van der Waals surface area contributed by atoms with Gasteiger partial charge in [-0.15, -0.1) is 0 Å². The minimum atomic E-state index is -3.94. The molecule has 1 N–H and O–H groups in total. The highest BCUT2D eigenvalue weighted by atomic mass is 35.5. The number of nitrogens with one attached hydrogen (secondary N) is 1. The Hall–Kier alpha value is -2.91. The molecule has 1 aliphatic heterocycles. The van der Waals surface area contributed by atoms with Gasteiger partial charge in [0.05, 0.1) is 5.56 Å². The van der Waals surface area contributed by atoms with Crippen molar-refractivity contribution in [1.29, 1.82) is 0 Å². The van der Waals surface area contributed by atoms with Gasteiger partial charge in [-0.25, -0.2) is 12.7 Å². The average molecular weight is 534 g/mol. The standard InChI is InChI=1S/C26H32ClN3O5S/c1-4-18(3)28-25(32)22(5-2)29(17-19-11-6-8-13-21(19)27)24(31)15-10-16-30-26(33)20-12-7-9-14-23(20)36(30,34)35/h6-9,11-14,18,22H,4-5,10,15-17H2,1-3H3,(H,28,32)/t18-,22+/m1/s1. The van der Waals surface area contributed by atoms with Crippen LogP contribution in [0.2, 0.25) is 5.02 Å². The van der Waals surface area contributed by atoms with Crippen molar-refractivity contribution in [2.45, 2.75) is 70.0 Å². The van der Waals surface area contributed by atoms with E-state index in [-0.39, 0.29) is 54.2 Å². The van der Waals surface area contributed by atoms with Gasteiger partial charge in [0.1, 0.15) is 10.9 Å². The fourth-order valence-corrected chi connectivity index (χ4v) is 5.94. The summed E-state index contributed by atoms with van der Waals surface area (Å²) in [6.07, 6.45) is 1.24. The Morgan fingerprint density at radius 3 is 2.36 bits per heavy atom. The van der Waals surface area contributed by atoms with Crippen molar-refractivity contribution in [2.75, 3.05) is 6.54 Å². The summed E-state index contributed by atoms with van der Waals surface area (Å²) in [5.41, 5.74) is 0.840. The van der Waals surface area contributed by atoms with Crippen molar-refractivity contribution in [1.82, 2.24) is 14.5 Å². The van der Waals surface area contributed by atoms with Crippen molar-refractivity contribution in [3.8, 4) is 0 Å². The Morgan fingerprint density at radius 1 is 1.06 bits per heavy atom. The van der Waals surface area contributed by atoms with E-state index in [0.717, 1.165) is 10.7 Å². The van der Waals surface area contributed by atoms with Gasteiger partial charge in [-0.3, -0.25) is 14.4 Å². The number of rotatable bonds is 11. The molecule has 0 unspecified atom stereocenters. The minimum absolute atomic E-state index is 0.0190. The highest BCUT2D eigenvalue weighted by molar-refractivity contribution is 7.90. The van der Waals surface area contributed by atoms with E-state index in [9.17, 15) is 22.8 Å². The molecule has 0 bridgehead atoms. The number of sulfonamides is 1. The molecule has 0 radical (unpaired) electrons. The van der Waals surface area contributed by atoms with Crippen molar-refractivity contribution >= 4 is 39.3 Å². The molecule has 8 nitrogen and oxygen atoms in total. The second-order valence-corrected chi connectivity index (χ2v) is 11.1. The summed E-state index contributed by atoms with van der Waals surface area (Å²) in [5.74, 6) is -1.16. The van der Waals surface area contributed by atoms with Crippen LogP contribution in [0.1, 0.15) is 62.4 Å². The highest BCUT2D eigenvalue weighted by Crippen LogP contribution is 2.30. The summed E-state index contributed by atoms with van der Waals surface area (Å²) in [6, 6.07) is 12.4. The molecular weight excluding hydrogens is 502 g/mol. The normalized spacial score (nSPS) is 15.8. The smallest absolute Gasteiger partial charge is 0.269 e. The molecule has 3 rings (SSSR count). The Bertz CT molecular complexity index is 1230. The van der Waals surface area contributed by atoms with Crippen LogP contribution >= 0.6 is 11.6 Å². The van der Waals surface area contributed by atoms with E-state index < -0.39 is 22.0 Å². The Kier molecular flexibility index (Phi) is 9.13. The van der Waals surface area contributed by atoms with Crippen LogP contribution in [0.4, 0.5) is 0 Å². The summed E-state index contributed by atoms with van der Waals surface area (Å²) >= 11 is 6.34. The Morgan fingerprint density at radius 2 is 1.72 bits per heavy atom. The van der Waals surface area contributed by atoms with Gasteiger partial charge in [-0.05, 0) is 49.9 Å². The monoisotopic (exact) mass is 533 g/mol. The Balaban J connectivity index is 1.76. The number of hydrogen-bond donors (Lipinski definition) is 1. The average Bonchev–Trinajstić information content (AvgIpc) is 3.05. The molecule has 0 saturated heterocycles. The van der Waals surface area contributed by atoms with E-state index in [4.69, 9.17) is 11.6 Å². The Labute approximate surface area is 217 Å². The number of halogens is 1. The lowest BCUT2D eigenvalue weighted by atomic mass is 10.1. The quantitative estimate of drug-likeness (QED) is 0.470. The lowest BCUT2D eigenvalue weighted by Crippen LogP contribution is -2.50. The number of carbonyl (C=O) groups excluding carboxylic acids is 3. The summed E-state index contributed by atoms with van der Waals surface area (Å²) in [6.45, 7) is 5.70. The SMILES string of the molecule is CC[C@@H](C)NC(=O)[C@H](CC)N(Cc1ccccc1Cl)C(=O)CCCN1C(=O)c2ccccc2S1(=O)=O. The minimum Gasteiger partial charge on any atom is -0.352 e. The molecule has 0 aromatic heterocycles. The second kappa shape index (κ2) is 11.9. The van der Waals surface area contributed by atoms with E-state index >= 15 is 0 Å². The zero-order chi connectivity index (χ0) is 26.5. The summed E-state index contributed by atoms with van der Waals surface area (Å²) in [4.78, 5) is 40.6. The third kappa shape index (κ3) is 5.90. The van der Waals surface area contributed by atoms with Crippen LogP contribution in [0.15, 0.2) is 53.4 Å². The van der Waals surface area contributed by atoms with Crippen LogP contribution in [0, 0.1) is 0 Å². The van der Waals surface area contributed by atoms with E-state index in [1.165, 1.54) is 17.0 Å². The number of carbonyl (C=O) groups is 3. The number of nitrogens with zero attached hydrogens (tertiary/aromatic N) is 2. The van der Waals surface area contributed by atoms with Crippen LogP contribution in [-0.2, 0) is 26.2 Å². The first-order valence-corrected chi connectivity index (χ1v) is 13.9. The number of benzene rings is 2. The molecule has 3 amide bonds. The van der Waals surface area contributed by atoms with Crippen LogP contribution < -0.4 is 5.32 Å². The lowest BCUT2D eigenvalue weighted by molar-refractivity contribution is -0.141. The molecule has 2 aromatic carbocycles. The largest absolute Gasteiger partial charge is 0.352 e. The second-order valence-electron chi connectivity index (χ2n) is 8.84.